The van der Waals surface area contributed by atoms with Crippen LogP contribution in [0.5, 0.6) is 0 Å². The van der Waals surface area contributed by atoms with Crippen LogP contribution in [0.15, 0.2) is 12.7 Å². The Bertz CT molecular complexity index is 367. The number of hydrogen-bond donors (Lipinski definition) is 2. The Balaban J connectivity index is 2.07. The summed E-state index contributed by atoms with van der Waals surface area (Å²) < 4.78 is 0. The number of nitrogens with zero attached hydrogens (tertiary/aromatic N) is 1. The third-order valence-corrected chi connectivity index (χ3v) is 2.85. The van der Waals surface area contributed by atoms with E-state index in [4.69, 9.17) is 4.84 Å². The van der Waals surface area contributed by atoms with Gasteiger partial charge in [0.2, 0.25) is 5.91 Å². The quantitative estimate of drug-likeness (QED) is 0.274. The highest BCUT2D eigenvalue weighted by Gasteiger charge is 2.31. The molecule has 3 amide bonds. The summed E-state index contributed by atoms with van der Waals surface area (Å²) in [6.07, 6.45) is 2.87. The first-order valence-electron chi connectivity index (χ1n) is 6.65. The van der Waals surface area contributed by atoms with E-state index in [2.05, 4.69) is 11.9 Å². The molecule has 1 fully saturated rings. The van der Waals surface area contributed by atoms with Gasteiger partial charge in [0.1, 0.15) is 0 Å². The van der Waals surface area contributed by atoms with Crippen molar-refractivity contribution in [2.45, 2.75) is 44.8 Å². The summed E-state index contributed by atoms with van der Waals surface area (Å²) in [5.74, 6) is -1.04. The molecule has 0 aromatic carbocycles. The summed E-state index contributed by atoms with van der Waals surface area (Å²) in [7, 11) is 0. The number of carbonyl (C=O) groups is 3. The van der Waals surface area contributed by atoms with Crippen molar-refractivity contribution in [1.82, 2.24) is 10.4 Å². The Morgan fingerprint density at radius 2 is 2.00 bits per heavy atom. The molecule has 1 unspecified atom stereocenters. The molecule has 0 spiro atoms. The van der Waals surface area contributed by atoms with Crippen LogP contribution in [0, 0.1) is 0 Å². The number of aliphatic hydroxyl groups is 1. The molecular formula is C13H20N2O5. The molecule has 1 saturated heterocycles. The molecule has 1 aliphatic rings. The first-order valence-corrected chi connectivity index (χ1v) is 6.65. The van der Waals surface area contributed by atoms with Crippen LogP contribution in [0.4, 0.5) is 0 Å². The predicted molar refractivity (Wildman–Crippen MR) is 69.9 cm³/mol. The number of hydrogen-bond acceptors (Lipinski definition) is 5. The summed E-state index contributed by atoms with van der Waals surface area (Å²) in [6, 6.07) is 0. The lowest BCUT2D eigenvalue weighted by Gasteiger charge is -2.17. The number of nitrogens with one attached hydrogen (secondary N) is 1. The molecular weight excluding hydrogens is 264 g/mol. The van der Waals surface area contributed by atoms with E-state index in [0.717, 1.165) is 12.8 Å². The van der Waals surface area contributed by atoms with Gasteiger partial charge in [-0.05, 0) is 18.9 Å². The van der Waals surface area contributed by atoms with Gasteiger partial charge in [-0.25, -0.2) is 4.84 Å². The zero-order valence-electron chi connectivity index (χ0n) is 11.3. The molecule has 1 atom stereocenters. The molecule has 0 saturated carbocycles. The maximum Gasteiger partial charge on any atom is 0.254 e. The van der Waals surface area contributed by atoms with Crippen molar-refractivity contribution < 1.29 is 24.3 Å². The first-order chi connectivity index (χ1) is 9.54. The fraction of sp³-hybridized carbons (Fsp3) is 0.615. The summed E-state index contributed by atoms with van der Waals surface area (Å²) in [5.41, 5.74) is 0. The second-order valence-electron chi connectivity index (χ2n) is 4.49. The van der Waals surface area contributed by atoms with Crippen molar-refractivity contribution in [2.75, 3.05) is 6.54 Å². The predicted octanol–water partition coefficient (Wildman–Crippen LogP) is 0.248. The second-order valence-corrected chi connectivity index (χ2v) is 4.49. The third kappa shape index (κ3) is 5.50. The fourth-order valence-corrected chi connectivity index (χ4v) is 1.75. The van der Waals surface area contributed by atoms with Crippen LogP contribution in [0.1, 0.15) is 38.5 Å². The molecule has 7 nitrogen and oxygen atoms in total. The van der Waals surface area contributed by atoms with Crippen LogP contribution in [-0.2, 0) is 19.2 Å². The van der Waals surface area contributed by atoms with Crippen LogP contribution in [-0.4, -0.2) is 40.7 Å². The van der Waals surface area contributed by atoms with Gasteiger partial charge in [0.25, 0.3) is 11.8 Å². The van der Waals surface area contributed by atoms with E-state index < -0.39 is 18.1 Å². The van der Waals surface area contributed by atoms with Gasteiger partial charge in [0.15, 0.2) is 6.29 Å². The maximum absolute atomic E-state index is 11.2. The van der Waals surface area contributed by atoms with E-state index in [-0.39, 0.29) is 18.7 Å². The number of amides is 3. The summed E-state index contributed by atoms with van der Waals surface area (Å²) in [5, 5.41) is 12.9. The minimum absolute atomic E-state index is 0.133. The van der Waals surface area contributed by atoms with E-state index in [0.29, 0.717) is 24.4 Å². The molecule has 0 aromatic rings. The monoisotopic (exact) mass is 284 g/mol. The third-order valence-electron chi connectivity index (χ3n) is 2.85. The molecule has 1 aliphatic heterocycles. The van der Waals surface area contributed by atoms with Crippen molar-refractivity contribution in [1.29, 1.82) is 0 Å². The minimum atomic E-state index is -1.16. The van der Waals surface area contributed by atoms with Crippen molar-refractivity contribution in [3.05, 3.63) is 12.7 Å². The molecule has 0 aromatic heterocycles. The summed E-state index contributed by atoms with van der Waals surface area (Å²) in [6.45, 7) is 3.89. The average molecular weight is 284 g/mol. The Labute approximate surface area is 117 Å². The van der Waals surface area contributed by atoms with Gasteiger partial charge < -0.3 is 10.4 Å². The molecule has 0 bridgehead atoms. The van der Waals surface area contributed by atoms with E-state index >= 15 is 0 Å². The van der Waals surface area contributed by atoms with Gasteiger partial charge in [0.05, 0.1) is 0 Å². The van der Waals surface area contributed by atoms with E-state index in [1.807, 2.05) is 0 Å². The minimum Gasteiger partial charge on any atom is -0.366 e. The molecule has 0 aliphatic carbocycles. The van der Waals surface area contributed by atoms with Crippen LogP contribution in [0.2, 0.25) is 0 Å². The molecule has 1 rings (SSSR count). The molecule has 2 N–H and O–H groups in total. The highest BCUT2D eigenvalue weighted by atomic mass is 16.8. The van der Waals surface area contributed by atoms with Crippen molar-refractivity contribution in [3.8, 4) is 0 Å². The number of carbonyl (C=O) groups excluding carboxylic acids is 3. The molecule has 7 heteroatoms. The summed E-state index contributed by atoms with van der Waals surface area (Å²) in [4.78, 5) is 38.3. The Kier molecular flexibility index (Phi) is 6.89. The van der Waals surface area contributed by atoms with Gasteiger partial charge in [-0.15, -0.1) is 0 Å². The lowest BCUT2D eigenvalue weighted by Crippen LogP contribution is -2.34. The van der Waals surface area contributed by atoms with E-state index in [9.17, 15) is 19.5 Å². The molecule has 1 heterocycles. The number of aliphatic hydroxyl groups excluding tert-OH is 1. The topological polar surface area (TPSA) is 95.9 Å². The Morgan fingerprint density at radius 1 is 1.35 bits per heavy atom. The molecule has 20 heavy (non-hydrogen) atoms. The van der Waals surface area contributed by atoms with E-state index in [1.165, 1.54) is 6.08 Å². The zero-order chi connectivity index (χ0) is 15.0. The van der Waals surface area contributed by atoms with Crippen LogP contribution in [0.25, 0.3) is 0 Å². The fourth-order valence-electron chi connectivity index (χ4n) is 1.75. The molecule has 0 radical (unpaired) electrons. The Morgan fingerprint density at radius 3 is 2.60 bits per heavy atom. The number of rotatable bonds is 9. The van der Waals surface area contributed by atoms with Crippen molar-refractivity contribution in [3.63, 3.8) is 0 Å². The summed E-state index contributed by atoms with van der Waals surface area (Å²) >= 11 is 0. The van der Waals surface area contributed by atoms with Gasteiger partial charge in [-0.2, -0.15) is 5.06 Å². The van der Waals surface area contributed by atoms with Crippen LogP contribution < -0.4 is 5.32 Å². The standard InChI is InChI=1S/C13H20N2O5/c1-2-10(16)14-9-5-3-4-6-13(19)20-15-11(17)7-8-12(15)18/h2,13,19H,1,3-9H2,(H,14,16). The highest BCUT2D eigenvalue weighted by molar-refractivity contribution is 6.00. The van der Waals surface area contributed by atoms with Gasteiger partial charge in [0, 0.05) is 25.8 Å². The normalized spacial score (nSPS) is 16.4. The van der Waals surface area contributed by atoms with Gasteiger partial charge >= 0.3 is 0 Å². The number of unbranched alkanes of at least 4 members (excludes halogenated alkanes) is 2. The van der Waals surface area contributed by atoms with Crippen LogP contribution >= 0.6 is 0 Å². The maximum atomic E-state index is 11.2. The average Bonchev–Trinajstić information content (AvgIpc) is 2.74. The zero-order valence-corrected chi connectivity index (χ0v) is 11.3. The second kappa shape index (κ2) is 8.44. The Hall–Kier alpha value is -1.73. The smallest absolute Gasteiger partial charge is 0.254 e. The van der Waals surface area contributed by atoms with Crippen molar-refractivity contribution >= 4 is 17.7 Å². The van der Waals surface area contributed by atoms with Gasteiger partial charge in [-0.1, -0.05) is 13.0 Å². The first kappa shape index (κ1) is 16.3. The highest BCUT2D eigenvalue weighted by Crippen LogP contribution is 2.15. The van der Waals surface area contributed by atoms with Gasteiger partial charge in [-0.3, -0.25) is 14.4 Å². The number of imide groups is 1. The number of hydroxylamine groups is 2. The SMILES string of the molecule is C=CC(=O)NCCCCCC(O)ON1C(=O)CCC1=O. The van der Waals surface area contributed by atoms with E-state index in [1.54, 1.807) is 0 Å². The molecule has 112 valence electrons. The lowest BCUT2D eigenvalue weighted by molar-refractivity contribution is -0.245. The lowest BCUT2D eigenvalue weighted by atomic mass is 10.2. The van der Waals surface area contributed by atoms with Crippen molar-refractivity contribution in [2.24, 2.45) is 0 Å². The largest absolute Gasteiger partial charge is 0.366 e. The van der Waals surface area contributed by atoms with Crippen LogP contribution in [0.3, 0.4) is 0 Å².